The topological polar surface area (TPSA) is 195 Å². The smallest absolute Gasteiger partial charge is 0.245 e. The molecule has 0 unspecified atom stereocenters. The van der Waals surface area contributed by atoms with Crippen LogP contribution in [-0.4, -0.2) is 114 Å². The number of rotatable bonds is 15. The molecule has 16 heteroatoms. The van der Waals surface area contributed by atoms with Crippen molar-refractivity contribution in [1.29, 1.82) is 0 Å². The fourth-order valence-corrected chi connectivity index (χ4v) is 8.52. The van der Waals surface area contributed by atoms with E-state index < -0.39 is 77.1 Å². The molecule has 1 saturated heterocycles. The van der Waals surface area contributed by atoms with Gasteiger partial charge in [-0.3, -0.25) is 33.6 Å². The summed E-state index contributed by atoms with van der Waals surface area (Å²) in [7, 11) is 2.98. The molecule has 3 aliphatic rings. The minimum atomic E-state index is -1.14. The minimum Gasteiger partial charge on any atom is -0.490 e. The first-order valence-corrected chi connectivity index (χ1v) is 23.3. The predicted molar refractivity (Wildman–Crippen MR) is 241 cm³/mol. The normalized spacial score (nSPS) is 23.6. The lowest BCUT2D eigenvalue weighted by molar-refractivity contribution is -0.145. The third-order valence-electron chi connectivity index (χ3n) is 12.5. The Morgan fingerprint density at radius 1 is 0.952 bits per heavy atom. The average Bonchev–Trinajstić information content (AvgIpc) is 4.06. The molecule has 0 aromatic heterocycles. The highest BCUT2D eigenvalue weighted by Crippen LogP contribution is 2.45. The first-order valence-electron chi connectivity index (χ1n) is 22.9. The van der Waals surface area contributed by atoms with Crippen LogP contribution in [0.25, 0.3) is 0 Å². The molecule has 5 N–H and O–H groups in total. The van der Waals surface area contributed by atoms with Crippen molar-refractivity contribution in [2.75, 3.05) is 20.6 Å². The van der Waals surface area contributed by atoms with Gasteiger partial charge in [-0.15, -0.1) is 6.42 Å². The van der Waals surface area contributed by atoms with Gasteiger partial charge in [-0.05, 0) is 114 Å². The molecule has 1 heterocycles. The Morgan fingerprint density at radius 3 is 2.24 bits per heavy atom. The molecule has 7 amide bonds. The molecule has 15 nitrogen and oxygen atoms in total. The monoisotopic (exact) mass is 895 g/mol. The van der Waals surface area contributed by atoms with Crippen LogP contribution in [0, 0.1) is 23.7 Å². The second-order valence-corrected chi connectivity index (χ2v) is 18.4. The molecule has 1 aromatic carbocycles. The maximum absolute atomic E-state index is 14.7. The minimum absolute atomic E-state index is 0.000560. The lowest BCUT2D eigenvalue weighted by Crippen LogP contribution is -2.60. The van der Waals surface area contributed by atoms with Gasteiger partial charge >= 0.3 is 0 Å². The van der Waals surface area contributed by atoms with Gasteiger partial charge in [0, 0.05) is 32.1 Å². The highest BCUT2D eigenvalue weighted by atomic mass is 35.5. The molecule has 4 rings (SSSR count). The quantitative estimate of drug-likeness (QED) is 0.162. The van der Waals surface area contributed by atoms with Gasteiger partial charge in [0.15, 0.2) is 0 Å². The van der Waals surface area contributed by atoms with Gasteiger partial charge in [0.2, 0.25) is 41.4 Å². The number of terminal acetylenes is 1. The summed E-state index contributed by atoms with van der Waals surface area (Å²) in [6.07, 6.45) is 14.2. The van der Waals surface area contributed by atoms with Crippen LogP contribution in [-0.2, 0) is 40.0 Å². The van der Waals surface area contributed by atoms with Crippen LogP contribution in [0.1, 0.15) is 130 Å². The molecule has 348 valence electrons. The van der Waals surface area contributed by atoms with Crippen LogP contribution in [0.5, 0.6) is 5.75 Å². The van der Waals surface area contributed by atoms with Crippen LogP contribution in [0.4, 0.5) is 0 Å². The summed E-state index contributed by atoms with van der Waals surface area (Å²) in [4.78, 5) is 99.9. The third kappa shape index (κ3) is 14.1. The van der Waals surface area contributed by atoms with Gasteiger partial charge in [-0.1, -0.05) is 58.1 Å². The number of likely N-dealkylation sites (N-methyl/N-ethyl adjacent to an activating group) is 2. The van der Waals surface area contributed by atoms with E-state index in [4.69, 9.17) is 22.8 Å². The van der Waals surface area contributed by atoms with Crippen molar-refractivity contribution in [2.45, 2.75) is 173 Å². The molecule has 0 radical (unpaired) electrons. The van der Waals surface area contributed by atoms with Crippen molar-refractivity contribution in [3.05, 3.63) is 28.8 Å². The molecule has 3 fully saturated rings. The first-order chi connectivity index (χ1) is 29.9. The summed E-state index contributed by atoms with van der Waals surface area (Å²) in [5, 5.41) is 14.6. The van der Waals surface area contributed by atoms with Crippen molar-refractivity contribution in [2.24, 2.45) is 11.3 Å². The zero-order chi connectivity index (χ0) is 46.4. The lowest BCUT2D eigenvalue weighted by Gasteiger charge is -2.35. The summed E-state index contributed by atoms with van der Waals surface area (Å²) < 4.78 is 6.49. The molecule has 1 aliphatic heterocycles. The van der Waals surface area contributed by atoms with E-state index in [0.29, 0.717) is 54.9 Å². The fourth-order valence-electron chi connectivity index (χ4n) is 8.33. The number of hydrogen-bond acceptors (Lipinski definition) is 8. The molecular weight excluding hydrogens is 826 g/mol. The molecule has 6 atom stereocenters. The van der Waals surface area contributed by atoms with Crippen molar-refractivity contribution in [3.63, 3.8) is 0 Å². The Balaban J connectivity index is 1.63. The zero-order valence-corrected chi connectivity index (χ0v) is 39.0. The van der Waals surface area contributed by atoms with Crippen LogP contribution in [0.2, 0.25) is 5.02 Å². The molecule has 0 bridgehead atoms. The number of nitrogens with one attached hydrogen (secondary N) is 5. The Hall–Kier alpha value is -4.84. The van der Waals surface area contributed by atoms with Crippen LogP contribution in [0.3, 0.4) is 0 Å². The van der Waals surface area contributed by atoms with Crippen molar-refractivity contribution in [3.8, 4) is 18.1 Å². The number of benzene rings is 1. The van der Waals surface area contributed by atoms with Gasteiger partial charge in [0.05, 0.1) is 6.10 Å². The largest absolute Gasteiger partial charge is 0.490 e. The molecule has 2 saturated carbocycles. The highest BCUT2D eigenvalue weighted by molar-refractivity contribution is 6.30. The van der Waals surface area contributed by atoms with Gasteiger partial charge in [0.1, 0.15) is 47.4 Å². The van der Waals surface area contributed by atoms with Gasteiger partial charge in [-0.2, -0.15) is 0 Å². The molecule has 2 aliphatic carbocycles. The van der Waals surface area contributed by atoms with Crippen LogP contribution < -0.4 is 31.3 Å². The van der Waals surface area contributed by atoms with E-state index in [1.807, 2.05) is 20.8 Å². The zero-order valence-electron chi connectivity index (χ0n) is 38.3. The maximum Gasteiger partial charge on any atom is 0.245 e. The summed E-state index contributed by atoms with van der Waals surface area (Å²) in [5.41, 5.74) is -0.288. The average molecular weight is 897 g/mol. The summed E-state index contributed by atoms with van der Waals surface area (Å²) in [5.74, 6) is -0.549. The Kier molecular flexibility index (Phi) is 19.1. The maximum atomic E-state index is 14.7. The van der Waals surface area contributed by atoms with E-state index in [2.05, 4.69) is 32.5 Å². The number of halogens is 1. The number of amides is 7. The molecule has 0 spiro atoms. The van der Waals surface area contributed by atoms with Gasteiger partial charge in [-0.25, -0.2) is 0 Å². The number of ether oxygens (including phenoxy) is 1. The Labute approximate surface area is 378 Å². The van der Waals surface area contributed by atoms with Gasteiger partial charge < -0.3 is 41.1 Å². The summed E-state index contributed by atoms with van der Waals surface area (Å²) in [6.45, 7) is 9.23. The Bertz CT molecular complexity index is 1840. The molecular formula is C47H70ClN7O8. The SMILES string of the molecule is C#CC1(C(=O)N[C@@H](CC)C(=O)N[C@@H](C)C(=O)N(C)[C@H]2CCCCNC(=O)[C@@H](CCC)NC(=O)[C@H](Cc3cc(Cl)ccc3OC3CCCCC3)N(C)C(=O)[C@H](CC(C)C)NC2=O)CC1. The number of hydrogen-bond donors (Lipinski definition) is 5. The highest BCUT2D eigenvalue weighted by Gasteiger charge is 2.49. The number of carbonyl (C=O) groups is 7. The van der Waals surface area contributed by atoms with Gasteiger partial charge in [0.25, 0.3) is 0 Å². The van der Waals surface area contributed by atoms with Crippen molar-refractivity contribution in [1.82, 2.24) is 36.4 Å². The first kappa shape index (κ1) is 50.8. The van der Waals surface area contributed by atoms with E-state index in [1.54, 1.807) is 25.1 Å². The van der Waals surface area contributed by atoms with E-state index in [-0.39, 0.29) is 50.2 Å². The summed E-state index contributed by atoms with van der Waals surface area (Å²) >= 11 is 6.53. The molecule has 63 heavy (non-hydrogen) atoms. The predicted octanol–water partition coefficient (Wildman–Crippen LogP) is 4.18. The molecule has 1 aromatic rings. The number of nitrogens with zero attached hydrogens (tertiary/aromatic N) is 2. The van der Waals surface area contributed by atoms with E-state index in [1.165, 1.54) is 30.8 Å². The van der Waals surface area contributed by atoms with Crippen molar-refractivity contribution < 1.29 is 38.3 Å². The standard InChI is InChI=1S/C47H70ClN7O8/c1-9-17-35-40(56)49-25-16-15-20-37(54(7)44(60)30(6)50-41(57)34(10-2)53-46(62)47(11-3)23-24-47)42(58)52-36(26-29(4)5)45(61)55(8)38(43(59)51-35)28-31-27-32(48)21-22-39(31)63-33-18-13-12-14-19-33/h3,21-22,27,29-30,33-38H,9-10,12-20,23-26,28H2,1-2,4-8H3,(H,49,56)(H,50,57)(H,51,59)(H,52,58)(H,53,62)/t30-,34-,35+,36-,37-,38-/m0/s1. The van der Waals surface area contributed by atoms with Crippen LogP contribution in [0.15, 0.2) is 18.2 Å². The van der Waals surface area contributed by atoms with E-state index >= 15 is 0 Å². The van der Waals surface area contributed by atoms with E-state index in [9.17, 15) is 33.6 Å². The Morgan fingerprint density at radius 2 is 1.62 bits per heavy atom. The van der Waals surface area contributed by atoms with Crippen LogP contribution >= 0.6 is 11.6 Å². The second kappa shape index (κ2) is 23.7. The lowest BCUT2D eigenvalue weighted by atomic mass is 9.96. The van der Waals surface area contributed by atoms with Crippen molar-refractivity contribution >= 4 is 53.0 Å². The van der Waals surface area contributed by atoms with E-state index in [0.717, 1.165) is 32.1 Å². The number of carbonyl (C=O) groups excluding carboxylic acids is 7. The fraction of sp³-hybridized carbons (Fsp3) is 0.681. The second-order valence-electron chi connectivity index (χ2n) is 18.0. The third-order valence-corrected chi connectivity index (χ3v) is 12.7. The summed E-state index contributed by atoms with van der Waals surface area (Å²) in [6, 6.07) is -0.943.